The molecule has 0 fully saturated rings. The maximum Gasteiger partial charge on any atom is 0.230 e. The van der Waals surface area contributed by atoms with Gasteiger partial charge in [0.15, 0.2) is 0 Å². The Bertz CT molecular complexity index is 485. The normalized spacial score (nSPS) is 10.2. The van der Waals surface area contributed by atoms with Crippen molar-refractivity contribution in [2.45, 2.75) is 6.54 Å². The highest BCUT2D eigenvalue weighted by Crippen LogP contribution is 2.13. The number of anilines is 2. The van der Waals surface area contributed by atoms with Crippen molar-refractivity contribution in [3.05, 3.63) is 24.7 Å². The van der Waals surface area contributed by atoms with Crippen molar-refractivity contribution in [1.29, 1.82) is 0 Å². The Morgan fingerprint density at radius 3 is 3.18 bits per heavy atom. The zero-order valence-electron chi connectivity index (χ0n) is 9.37. The van der Waals surface area contributed by atoms with E-state index < -0.39 is 0 Å². The van der Waals surface area contributed by atoms with Crippen molar-refractivity contribution in [1.82, 2.24) is 19.7 Å². The molecule has 2 heterocycles. The second-order valence-electron chi connectivity index (χ2n) is 3.26. The van der Waals surface area contributed by atoms with Crippen molar-refractivity contribution >= 4 is 11.6 Å². The van der Waals surface area contributed by atoms with Gasteiger partial charge < -0.3 is 15.2 Å². The Morgan fingerprint density at radius 2 is 2.41 bits per heavy atom. The zero-order chi connectivity index (χ0) is 12.1. The van der Waals surface area contributed by atoms with Crippen LogP contribution in [0, 0.1) is 0 Å². The van der Waals surface area contributed by atoms with Gasteiger partial charge in [-0.1, -0.05) is 0 Å². The van der Waals surface area contributed by atoms with Gasteiger partial charge in [0.05, 0.1) is 32.1 Å². The number of hydrogen-bond donors (Lipinski definition) is 2. The number of methoxy groups -OCH3 is 1. The Morgan fingerprint density at radius 1 is 1.53 bits per heavy atom. The Balaban J connectivity index is 2.08. The van der Waals surface area contributed by atoms with Gasteiger partial charge in [-0.05, 0) is 0 Å². The van der Waals surface area contributed by atoms with E-state index in [-0.39, 0.29) is 6.61 Å². The van der Waals surface area contributed by atoms with Gasteiger partial charge in [0.1, 0.15) is 0 Å². The number of aliphatic hydroxyl groups is 1. The molecule has 0 atom stereocenters. The summed E-state index contributed by atoms with van der Waals surface area (Å²) < 4.78 is 6.62. The number of aromatic nitrogens is 4. The molecule has 0 aromatic carbocycles. The van der Waals surface area contributed by atoms with E-state index >= 15 is 0 Å². The molecule has 0 aliphatic carbocycles. The first-order valence-corrected chi connectivity index (χ1v) is 5.09. The van der Waals surface area contributed by atoms with Gasteiger partial charge in [-0.2, -0.15) is 10.1 Å². The van der Waals surface area contributed by atoms with E-state index in [9.17, 15) is 0 Å². The van der Waals surface area contributed by atoms with E-state index in [0.717, 1.165) is 5.69 Å². The minimum Gasteiger partial charge on any atom is -0.481 e. The molecule has 0 saturated carbocycles. The van der Waals surface area contributed by atoms with Crippen LogP contribution >= 0.6 is 0 Å². The van der Waals surface area contributed by atoms with Crippen LogP contribution in [0.1, 0.15) is 0 Å². The third-order valence-corrected chi connectivity index (χ3v) is 2.06. The summed E-state index contributed by atoms with van der Waals surface area (Å²) in [6.45, 7) is 0.511. The molecule has 0 unspecified atom stereocenters. The molecule has 0 aliphatic heterocycles. The van der Waals surface area contributed by atoms with Gasteiger partial charge in [0, 0.05) is 18.5 Å². The lowest BCUT2D eigenvalue weighted by atomic mass is 10.5. The molecule has 17 heavy (non-hydrogen) atoms. The summed E-state index contributed by atoms with van der Waals surface area (Å²) in [7, 11) is 1.55. The van der Waals surface area contributed by atoms with E-state index in [0.29, 0.717) is 18.4 Å². The van der Waals surface area contributed by atoms with Crippen LogP contribution in [-0.4, -0.2) is 38.6 Å². The summed E-state index contributed by atoms with van der Waals surface area (Å²) in [6.07, 6.45) is 5.00. The molecule has 0 spiro atoms. The Labute approximate surface area is 98.1 Å². The van der Waals surface area contributed by atoms with Gasteiger partial charge in [0.2, 0.25) is 11.8 Å². The zero-order valence-corrected chi connectivity index (χ0v) is 9.37. The first-order chi connectivity index (χ1) is 8.31. The first kappa shape index (κ1) is 11.3. The van der Waals surface area contributed by atoms with Crippen molar-refractivity contribution in [2.24, 2.45) is 0 Å². The molecule has 2 aromatic heterocycles. The Hall–Kier alpha value is -2.15. The van der Waals surface area contributed by atoms with E-state index in [1.165, 1.54) is 0 Å². The molecular weight excluding hydrogens is 222 g/mol. The summed E-state index contributed by atoms with van der Waals surface area (Å²) in [5.74, 6) is 0.929. The fraction of sp³-hybridized carbons (Fsp3) is 0.300. The van der Waals surface area contributed by atoms with Crippen molar-refractivity contribution in [3.8, 4) is 5.88 Å². The topological polar surface area (TPSA) is 85.1 Å². The average Bonchev–Trinajstić information content (AvgIpc) is 2.77. The number of ether oxygens (including phenoxy) is 1. The van der Waals surface area contributed by atoms with Crippen LogP contribution in [0.15, 0.2) is 24.7 Å². The van der Waals surface area contributed by atoms with Gasteiger partial charge >= 0.3 is 0 Å². The van der Waals surface area contributed by atoms with Crippen molar-refractivity contribution in [2.75, 3.05) is 19.0 Å². The summed E-state index contributed by atoms with van der Waals surface area (Å²) >= 11 is 0. The highest BCUT2D eigenvalue weighted by atomic mass is 16.5. The number of rotatable bonds is 5. The molecule has 0 amide bonds. The van der Waals surface area contributed by atoms with E-state index in [4.69, 9.17) is 9.84 Å². The SMILES string of the molecule is COc1ccnc(Nc2cnn(CCO)c2)n1. The standard InChI is InChI=1S/C10H13N5O2/c1-17-9-2-3-11-10(14-9)13-8-6-12-15(7-8)4-5-16/h2-3,6-7,16H,4-5H2,1H3,(H,11,13,14). The highest BCUT2D eigenvalue weighted by Gasteiger charge is 2.02. The predicted molar refractivity (Wildman–Crippen MR) is 61.2 cm³/mol. The highest BCUT2D eigenvalue weighted by molar-refractivity contribution is 5.50. The molecule has 7 heteroatoms. The quantitative estimate of drug-likeness (QED) is 0.781. The first-order valence-electron chi connectivity index (χ1n) is 5.09. The van der Waals surface area contributed by atoms with Crippen LogP contribution in [0.5, 0.6) is 5.88 Å². The smallest absolute Gasteiger partial charge is 0.230 e. The van der Waals surface area contributed by atoms with Gasteiger partial charge in [-0.3, -0.25) is 4.68 Å². The largest absolute Gasteiger partial charge is 0.481 e. The fourth-order valence-corrected chi connectivity index (χ4v) is 1.30. The van der Waals surface area contributed by atoms with Crippen LogP contribution in [0.2, 0.25) is 0 Å². The third kappa shape index (κ3) is 2.91. The van der Waals surface area contributed by atoms with E-state index in [2.05, 4.69) is 20.4 Å². The molecule has 2 N–H and O–H groups in total. The van der Waals surface area contributed by atoms with Gasteiger partial charge in [-0.15, -0.1) is 0 Å². The lowest BCUT2D eigenvalue weighted by molar-refractivity contribution is 0.269. The van der Waals surface area contributed by atoms with Crippen LogP contribution in [-0.2, 0) is 6.54 Å². The van der Waals surface area contributed by atoms with Crippen LogP contribution < -0.4 is 10.1 Å². The van der Waals surface area contributed by atoms with Crippen LogP contribution in [0.25, 0.3) is 0 Å². The molecule has 0 saturated heterocycles. The van der Waals surface area contributed by atoms with Crippen molar-refractivity contribution < 1.29 is 9.84 Å². The lowest BCUT2D eigenvalue weighted by Crippen LogP contribution is -2.01. The molecule has 7 nitrogen and oxygen atoms in total. The summed E-state index contributed by atoms with van der Waals surface area (Å²) in [5.41, 5.74) is 0.756. The maximum atomic E-state index is 8.76. The average molecular weight is 235 g/mol. The number of nitrogens with zero attached hydrogens (tertiary/aromatic N) is 4. The van der Waals surface area contributed by atoms with Gasteiger partial charge in [0.25, 0.3) is 0 Å². The van der Waals surface area contributed by atoms with Crippen LogP contribution in [0.3, 0.4) is 0 Å². The minimum absolute atomic E-state index is 0.0524. The van der Waals surface area contributed by atoms with E-state index in [1.807, 2.05) is 0 Å². The summed E-state index contributed by atoms with van der Waals surface area (Å²) in [4.78, 5) is 8.16. The fourth-order valence-electron chi connectivity index (χ4n) is 1.30. The molecule has 0 bridgehead atoms. The van der Waals surface area contributed by atoms with Crippen LogP contribution in [0.4, 0.5) is 11.6 Å². The number of aliphatic hydroxyl groups excluding tert-OH is 1. The lowest BCUT2D eigenvalue weighted by Gasteiger charge is -2.02. The molecule has 2 aromatic rings. The summed E-state index contributed by atoms with van der Waals surface area (Å²) in [5, 5.41) is 15.8. The maximum absolute atomic E-state index is 8.76. The molecule has 0 aliphatic rings. The number of nitrogens with one attached hydrogen (secondary N) is 1. The predicted octanol–water partition coefficient (Wildman–Crippen LogP) is 0.418. The second kappa shape index (κ2) is 5.26. The van der Waals surface area contributed by atoms with Crippen molar-refractivity contribution in [3.63, 3.8) is 0 Å². The molecule has 0 radical (unpaired) electrons. The molecule has 90 valence electrons. The van der Waals surface area contributed by atoms with Gasteiger partial charge in [-0.25, -0.2) is 4.98 Å². The monoisotopic (exact) mass is 235 g/mol. The minimum atomic E-state index is 0.0524. The summed E-state index contributed by atoms with van der Waals surface area (Å²) in [6, 6.07) is 1.67. The Kier molecular flexibility index (Phi) is 3.51. The number of hydrogen-bond acceptors (Lipinski definition) is 6. The second-order valence-corrected chi connectivity index (χ2v) is 3.26. The molecule has 2 rings (SSSR count). The third-order valence-electron chi connectivity index (χ3n) is 2.06. The molecular formula is C10H13N5O2. The van der Waals surface area contributed by atoms with E-state index in [1.54, 1.807) is 36.4 Å².